The number of carbonyl (C=O) groups is 2. The Morgan fingerprint density at radius 2 is 1.79 bits per heavy atom. The molecule has 3 N–H and O–H groups in total. The highest BCUT2D eigenvalue weighted by Gasteiger charge is 2.31. The van der Waals surface area contributed by atoms with Crippen LogP contribution < -0.4 is 5.73 Å². The van der Waals surface area contributed by atoms with Crippen molar-refractivity contribution in [2.75, 3.05) is 5.73 Å². The van der Waals surface area contributed by atoms with Gasteiger partial charge in [0.15, 0.2) is 11.4 Å². The van der Waals surface area contributed by atoms with Crippen LogP contribution in [0.3, 0.4) is 0 Å². The summed E-state index contributed by atoms with van der Waals surface area (Å²) in [4.78, 5) is 28.8. The van der Waals surface area contributed by atoms with Crippen LogP contribution in [0, 0.1) is 5.92 Å². The lowest BCUT2D eigenvalue weighted by atomic mass is 9.79. The van der Waals surface area contributed by atoms with Gasteiger partial charge in [-0.2, -0.15) is 14.7 Å². The lowest BCUT2D eigenvalue weighted by Gasteiger charge is -2.27. The third kappa shape index (κ3) is 3.65. The molecule has 1 saturated carbocycles. The number of para-hydroxylation sites is 1. The summed E-state index contributed by atoms with van der Waals surface area (Å²) in [5.74, 6) is -1.06. The van der Waals surface area contributed by atoms with Crippen molar-refractivity contribution in [3.05, 3.63) is 60.2 Å². The smallest absolute Gasteiger partial charge is 0.306 e. The second-order valence-electron chi connectivity index (χ2n) is 8.50. The Bertz CT molecular complexity index is 1350. The van der Waals surface area contributed by atoms with Gasteiger partial charge in [0.2, 0.25) is 0 Å². The number of ketones is 1. The standard InChI is InChI=1S/C24H24N6O3/c1-14(31)20-21(15-7-9-16(10-8-15)24(32)33)28-23-19(12-27-30(23)22(20)25)17-11-26-29(13-17)18-5-3-2-4-6-18/h2-6,11-13,15-16H,7-10,25H2,1H3,(H,32,33). The average molecular weight is 444 g/mol. The van der Waals surface area contributed by atoms with Gasteiger partial charge in [-0.05, 0) is 44.7 Å². The first kappa shape index (κ1) is 20.9. The van der Waals surface area contributed by atoms with Gasteiger partial charge >= 0.3 is 5.97 Å². The zero-order valence-corrected chi connectivity index (χ0v) is 18.2. The first-order chi connectivity index (χ1) is 15.9. The maximum absolute atomic E-state index is 12.5. The number of hydrogen-bond acceptors (Lipinski definition) is 6. The van der Waals surface area contributed by atoms with Gasteiger partial charge in [-0.15, -0.1) is 0 Å². The van der Waals surface area contributed by atoms with E-state index in [9.17, 15) is 14.7 Å². The van der Waals surface area contributed by atoms with Gasteiger partial charge in [0.05, 0.1) is 35.3 Å². The number of Topliss-reactive ketones (excluding diaryl/α,β-unsaturated/α-hetero) is 1. The Labute approximate surface area is 189 Å². The Morgan fingerprint density at radius 3 is 2.45 bits per heavy atom. The van der Waals surface area contributed by atoms with Crippen LogP contribution in [0.25, 0.3) is 22.5 Å². The van der Waals surface area contributed by atoms with Crippen molar-refractivity contribution in [1.29, 1.82) is 0 Å². The molecule has 3 heterocycles. The third-order valence-electron chi connectivity index (χ3n) is 6.44. The van der Waals surface area contributed by atoms with Crippen LogP contribution in [0.15, 0.2) is 48.9 Å². The van der Waals surface area contributed by atoms with Crippen molar-refractivity contribution in [1.82, 2.24) is 24.4 Å². The van der Waals surface area contributed by atoms with E-state index in [2.05, 4.69) is 10.2 Å². The molecule has 0 radical (unpaired) electrons. The number of aromatic nitrogens is 5. The molecule has 1 fully saturated rings. The first-order valence-electron chi connectivity index (χ1n) is 11.0. The van der Waals surface area contributed by atoms with E-state index < -0.39 is 5.97 Å². The highest BCUT2D eigenvalue weighted by atomic mass is 16.4. The van der Waals surface area contributed by atoms with Gasteiger partial charge in [-0.3, -0.25) is 9.59 Å². The molecule has 1 aromatic carbocycles. The number of nitrogens with two attached hydrogens (primary N) is 1. The van der Waals surface area contributed by atoms with E-state index in [1.807, 2.05) is 36.5 Å². The summed E-state index contributed by atoms with van der Waals surface area (Å²) in [5.41, 5.74) is 10.5. The number of rotatable bonds is 5. The summed E-state index contributed by atoms with van der Waals surface area (Å²) >= 11 is 0. The molecule has 4 aromatic rings. The monoisotopic (exact) mass is 444 g/mol. The van der Waals surface area contributed by atoms with Crippen LogP contribution >= 0.6 is 0 Å². The van der Waals surface area contributed by atoms with E-state index in [0.717, 1.165) is 16.8 Å². The highest BCUT2D eigenvalue weighted by molar-refractivity contribution is 6.00. The third-order valence-corrected chi connectivity index (χ3v) is 6.44. The SMILES string of the molecule is CC(=O)c1c(C2CCC(C(=O)O)CC2)nc2c(-c3cnn(-c4ccccc4)c3)cnn2c1N. The predicted octanol–water partition coefficient (Wildman–Crippen LogP) is 3.73. The number of nitrogen functional groups attached to an aromatic ring is 1. The molecular formula is C24H24N6O3. The number of hydrogen-bond donors (Lipinski definition) is 2. The summed E-state index contributed by atoms with van der Waals surface area (Å²) in [6, 6.07) is 9.78. The fourth-order valence-corrected chi connectivity index (χ4v) is 4.69. The molecule has 0 atom stereocenters. The van der Waals surface area contributed by atoms with E-state index in [1.54, 1.807) is 17.1 Å². The van der Waals surface area contributed by atoms with Crippen molar-refractivity contribution in [3.8, 4) is 16.8 Å². The molecule has 9 nitrogen and oxygen atoms in total. The largest absolute Gasteiger partial charge is 0.481 e. The molecular weight excluding hydrogens is 420 g/mol. The number of carbonyl (C=O) groups excluding carboxylic acids is 1. The summed E-state index contributed by atoms with van der Waals surface area (Å²) in [5, 5.41) is 18.2. The normalized spacial score (nSPS) is 18.5. The highest BCUT2D eigenvalue weighted by Crippen LogP contribution is 2.39. The average Bonchev–Trinajstić information content (AvgIpc) is 3.47. The maximum Gasteiger partial charge on any atom is 0.306 e. The van der Waals surface area contributed by atoms with Crippen LogP contribution in [0.4, 0.5) is 5.82 Å². The minimum absolute atomic E-state index is 0.0263. The molecule has 168 valence electrons. The van der Waals surface area contributed by atoms with E-state index in [-0.39, 0.29) is 23.4 Å². The van der Waals surface area contributed by atoms with Crippen molar-refractivity contribution < 1.29 is 14.7 Å². The van der Waals surface area contributed by atoms with E-state index in [0.29, 0.717) is 42.6 Å². The second-order valence-corrected chi connectivity index (χ2v) is 8.50. The molecule has 1 aliphatic carbocycles. The number of carboxylic acid groups (broad SMARTS) is 1. The molecule has 0 bridgehead atoms. The number of benzene rings is 1. The van der Waals surface area contributed by atoms with E-state index >= 15 is 0 Å². The van der Waals surface area contributed by atoms with Gasteiger partial charge < -0.3 is 10.8 Å². The number of anilines is 1. The summed E-state index contributed by atoms with van der Waals surface area (Å²) in [7, 11) is 0. The molecule has 0 spiro atoms. The van der Waals surface area contributed by atoms with Gasteiger partial charge in [0.25, 0.3) is 0 Å². The van der Waals surface area contributed by atoms with Crippen molar-refractivity contribution in [2.45, 2.75) is 38.5 Å². The second kappa shape index (κ2) is 8.16. The maximum atomic E-state index is 12.5. The molecule has 0 aliphatic heterocycles. The number of carboxylic acids is 1. The van der Waals surface area contributed by atoms with Gasteiger partial charge in [-0.1, -0.05) is 18.2 Å². The van der Waals surface area contributed by atoms with Crippen LogP contribution in [0.5, 0.6) is 0 Å². The van der Waals surface area contributed by atoms with Crippen molar-refractivity contribution >= 4 is 23.2 Å². The summed E-state index contributed by atoms with van der Waals surface area (Å²) < 4.78 is 3.28. The molecule has 0 unspecified atom stereocenters. The Kier molecular flexibility index (Phi) is 5.16. The Balaban J connectivity index is 1.59. The summed E-state index contributed by atoms with van der Waals surface area (Å²) in [6.07, 6.45) is 7.74. The lowest BCUT2D eigenvalue weighted by Crippen LogP contribution is -2.23. The van der Waals surface area contributed by atoms with Crippen LogP contribution in [0.2, 0.25) is 0 Å². The Morgan fingerprint density at radius 1 is 1.06 bits per heavy atom. The number of aliphatic carboxylic acids is 1. The molecule has 9 heteroatoms. The predicted molar refractivity (Wildman–Crippen MR) is 122 cm³/mol. The van der Waals surface area contributed by atoms with Gasteiger partial charge in [-0.25, -0.2) is 9.67 Å². The molecule has 0 amide bonds. The van der Waals surface area contributed by atoms with E-state index in [4.69, 9.17) is 10.7 Å². The van der Waals surface area contributed by atoms with Crippen LogP contribution in [-0.4, -0.2) is 41.2 Å². The van der Waals surface area contributed by atoms with Crippen LogP contribution in [-0.2, 0) is 4.79 Å². The minimum atomic E-state index is -0.767. The molecule has 3 aromatic heterocycles. The van der Waals surface area contributed by atoms with E-state index in [1.165, 1.54) is 11.4 Å². The molecule has 0 saturated heterocycles. The van der Waals surface area contributed by atoms with Gasteiger partial charge in [0.1, 0.15) is 5.82 Å². The molecule has 1 aliphatic rings. The molecule has 33 heavy (non-hydrogen) atoms. The number of nitrogens with zero attached hydrogens (tertiary/aromatic N) is 5. The Hall–Kier alpha value is -4.01. The quantitative estimate of drug-likeness (QED) is 0.449. The molecule has 5 rings (SSSR count). The first-order valence-corrected chi connectivity index (χ1v) is 11.0. The summed E-state index contributed by atoms with van der Waals surface area (Å²) in [6.45, 7) is 1.47. The lowest BCUT2D eigenvalue weighted by molar-refractivity contribution is -0.142. The fourth-order valence-electron chi connectivity index (χ4n) is 4.69. The van der Waals surface area contributed by atoms with Gasteiger partial charge in [0, 0.05) is 23.2 Å². The van der Waals surface area contributed by atoms with Crippen LogP contribution in [0.1, 0.15) is 54.6 Å². The zero-order chi connectivity index (χ0) is 23.1. The van der Waals surface area contributed by atoms with Crippen molar-refractivity contribution in [3.63, 3.8) is 0 Å². The number of fused-ring (bicyclic) bond motifs is 1. The van der Waals surface area contributed by atoms with Crippen molar-refractivity contribution in [2.24, 2.45) is 5.92 Å². The zero-order valence-electron chi connectivity index (χ0n) is 18.2. The topological polar surface area (TPSA) is 128 Å². The fraction of sp³-hybridized carbons (Fsp3) is 0.292. The minimum Gasteiger partial charge on any atom is -0.481 e.